The minimum Gasteiger partial charge on any atom is -0.368 e. The predicted molar refractivity (Wildman–Crippen MR) is 93.6 cm³/mol. The van der Waals surface area contributed by atoms with Gasteiger partial charge in [0, 0.05) is 31.9 Å². The number of anilines is 2. The second-order valence-corrected chi connectivity index (χ2v) is 6.44. The second-order valence-electron chi connectivity index (χ2n) is 6.44. The summed E-state index contributed by atoms with van der Waals surface area (Å²) in [6.07, 6.45) is -2.80. The number of fused-ring (bicyclic) bond motifs is 1. The Labute approximate surface area is 148 Å². The number of hydrogen-bond acceptors (Lipinski definition) is 4. The van der Waals surface area contributed by atoms with E-state index in [0.29, 0.717) is 31.9 Å². The number of halogens is 3. The zero-order valence-corrected chi connectivity index (χ0v) is 14.2. The van der Waals surface area contributed by atoms with Gasteiger partial charge in [0.25, 0.3) is 0 Å². The first-order valence-electron chi connectivity index (χ1n) is 8.39. The third kappa shape index (κ3) is 3.07. The number of alkyl halides is 3. The number of nitrogens with zero attached hydrogens (tertiary/aromatic N) is 5. The average Bonchev–Trinajstić information content (AvgIpc) is 3.09. The Morgan fingerprint density at radius 1 is 0.962 bits per heavy atom. The van der Waals surface area contributed by atoms with Gasteiger partial charge < -0.3 is 9.80 Å². The van der Waals surface area contributed by atoms with Crippen LogP contribution in [-0.2, 0) is 6.18 Å². The van der Waals surface area contributed by atoms with Crippen LogP contribution in [0.1, 0.15) is 11.1 Å². The van der Waals surface area contributed by atoms with Crippen LogP contribution in [0.4, 0.5) is 24.7 Å². The molecule has 1 aliphatic heterocycles. The maximum atomic E-state index is 12.9. The van der Waals surface area contributed by atoms with Gasteiger partial charge in [-0.05, 0) is 42.8 Å². The third-order valence-electron chi connectivity index (χ3n) is 4.65. The first-order valence-corrected chi connectivity index (χ1v) is 8.39. The van der Waals surface area contributed by atoms with Gasteiger partial charge in [0.2, 0.25) is 0 Å². The normalized spacial score (nSPS) is 15.7. The summed E-state index contributed by atoms with van der Waals surface area (Å²) in [6, 6.07) is 9.54. The van der Waals surface area contributed by atoms with Gasteiger partial charge in [0.15, 0.2) is 5.65 Å². The highest BCUT2D eigenvalue weighted by atomic mass is 19.4. The predicted octanol–water partition coefficient (Wildman–Crippen LogP) is 3.38. The number of benzene rings is 1. The summed E-state index contributed by atoms with van der Waals surface area (Å²) < 4.78 is 40.6. The van der Waals surface area contributed by atoms with Crippen LogP contribution in [-0.4, -0.2) is 40.8 Å². The summed E-state index contributed by atoms with van der Waals surface area (Å²) in [6.45, 7) is 4.71. The summed E-state index contributed by atoms with van der Waals surface area (Å²) in [5, 5.41) is 4.28. The molecule has 26 heavy (non-hydrogen) atoms. The van der Waals surface area contributed by atoms with Crippen molar-refractivity contribution in [3.8, 4) is 0 Å². The molecule has 0 bridgehead atoms. The van der Waals surface area contributed by atoms with Gasteiger partial charge in [-0.15, -0.1) is 0 Å². The quantitative estimate of drug-likeness (QED) is 0.701. The van der Waals surface area contributed by atoms with E-state index in [-0.39, 0.29) is 0 Å². The van der Waals surface area contributed by atoms with E-state index < -0.39 is 11.7 Å². The fraction of sp³-hybridized carbons (Fsp3) is 0.333. The lowest BCUT2D eigenvalue weighted by Crippen LogP contribution is -2.47. The molecule has 3 aromatic rings. The molecule has 1 aromatic carbocycles. The van der Waals surface area contributed by atoms with E-state index in [1.54, 1.807) is 10.6 Å². The van der Waals surface area contributed by atoms with Crippen molar-refractivity contribution >= 4 is 17.2 Å². The van der Waals surface area contributed by atoms with Crippen molar-refractivity contribution in [3.63, 3.8) is 0 Å². The summed E-state index contributed by atoms with van der Waals surface area (Å²) in [5.74, 6) is 0.959. The van der Waals surface area contributed by atoms with Gasteiger partial charge >= 0.3 is 6.18 Å². The number of rotatable bonds is 2. The number of piperazine rings is 1. The molecule has 2 aromatic heterocycles. The van der Waals surface area contributed by atoms with E-state index in [9.17, 15) is 13.2 Å². The lowest BCUT2D eigenvalue weighted by Gasteiger charge is -2.37. The number of aryl methyl sites for hydroxylation is 1. The molecule has 0 spiro atoms. The van der Waals surface area contributed by atoms with Crippen LogP contribution in [0.15, 0.2) is 42.7 Å². The molecular formula is C18H18F3N5. The Kier molecular flexibility index (Phi) is 3.97. The van der Waals surface area contributed by atoms with Crippen molar-refractivity contribution in [2.45, 2.75) is 13.1 Å². The number of aromatic nitrogens is 3. The van der Waals surface area contributed by atoms with E-state index in [2.05, 4.69) is 21.0 Å². The standard InChI is InChI=1S/C18H18F3N5/c1-13-9-16-22-12-23-26(16)17(10-13)25-7-5-24(6-8-25)15-4-2-3-14(11-15)18(19,20)21/h2-4,9-12H,5-8H2,1H3. The Bertz CT molecular complexity index is 926. The summed E-state index contributed by atoms with van der Waals surface area (Å²) in [4.78, 5) is 8.42. The van der Waals surface area contributed by atoms with E-state index in [0.717, 1.165) is 23.1 Å². The van der Waals surface area contributed by atoms with Crippen molar-refractivity contribution in [2.75, 3.05) is 36.0 Å². The minimum atomic E-state index is -4.32. The molecule has 0 aliphatic carbocycles. The topological polar surface area (TPSA) is 36.7 Å². The minimum absolute atomic E-state index is 0.606. The number of pyridine rings is 1. The largest absolute Gasteiger partial charge is 0.416 e. The van der Waals surface area contributed by atoms with Gasteiger partial charge in [0.1, 0.15) is 12.1 Å². The third-order valence-corrected chi connectivity index (χ3v) is 4.65. The molecule has 0 amide bonds. The van der Waals surface area contributed by atoms with Gasteiger partial charge in [-0.1, -0.05) is 6.07 Å². The van der Waals surface area contributed by atoms with Gasteiger partial charge in [-0.25, -0.2) is 4.98 Å². The summed E-state index contributed by atoms with van der Waals surface area (Å²) in [7, 11) is 0. The molecule has 0 unspecified atom stereocenters. The maximum absolute atomic E-state index is 12.9. The Balaban J connectivity index is 1.53. The van der Waals surface area contributed by atoms with E-state index >= 15 is 0 Å². The van der Waals surface area contributed by atoms with Gasteiger partial charge in [0.05, 0.1) is 5.56 Å². The molecule has 5 nitrogen and oxygen atoms in total. The maximum Gasteiger partial charge on any atom is 0.416 e. The molecule has 0 radical (unpaired) electrons. The summed E-state index contributed by atoms with van der Waals surface area (Å²) >= 11 is 0. The second kappa shape index (κ2) is 6.19. The first-order chi connectivity index (χ1) is 12.4. The van der Waals surface area contributed by atoms with Crippen LogP contribution >= 0.6 is 0 Å². The Morgan fingerprint density at radius 2 is 1.69 bits per heavy atom. The molecule has 1 saturated heterocycles. The summed E-state index contributed by atoms with van der Waals surface area (Å²) in [5.41, 5.74) is 1.89. The molecule has 1 fully saturated rings. The highest BCUT2D eigenvalue weighted by molar-refractivity contribution is 5.55. The van der Waals surface area contributed by atoms with Gasteiger partial charge in [-0.2, -0.15) is 22.8 Å². The van der Waals surface area contributed by atoms with Crippen molar-refractivity contribution < 1.29 is 13.2 Å². The monoisotopic (exact) mass is 361 g/mol. The van der Waals surface area contributed by atoms with E-state index in [4.69, 9.17) is 0 Å². The molecule has 0 atom stereocenters. The first kappa shape index (κ1) is 16.7. The van der Waals surface area contributed by atoms with Crippen LogP contribution in [0, 0.1) is 6.92 Å². The fourth-order valence-electron chi connectivity index (χ4n) is 3.33. The van der Waals surface area contributed by atoms with Crippen LogP contribution in [0.2, 0.25) is 0 Å². The van der Waals surface area contributed by atoms with Crippen molar-refractivity contribution in [1.29, 1.82) is 0 Å². The molecule has 8 heteroatoms. The molecule has 3 heterocycles. The highest BCUT2D eigenvalue weighted by Crippen LogP contribution is 2.32. The Morgan fingerprint density at radius 3 is 2.42 bits per heavy atom. The molecule has 4 rings (SSSR count). The SMILES string of the molecule is Cc1cc(N2CCN(c3cccc(C(F)(F)F)c3)CC2)n2ncnc2c1. The van der Waals surface area contributed by atoms with E-state index in [1.807, 2.05) is 17.9 Å². The fourth-order valence-corrected chi connectivity index (χ4v) is 3.33. The Hall–Kier alpha value is -2.77. The van der Waals surface area contributed by atoms with Crippen molar-refractivity contribution in [2.24, 2.45) is 0 Å². The smallest absolute Gasteiger partial charge is 0.368 e. The van der Waals surface area contributed by atoms with Crippen molar-refractivity contribution in [3.05, 3.63) is 53.9 Å². The zero-order valence-electron chi connectivity index (χ0n) is 14.2. The average molecular weight is 361 g/mol. The van der Waals surface area contributed by atoms with E-state index in [1.165, 1.54) is 18.5 Å². The molecule has 136 valence electrons. The van der Waals surface area contributed by atoms with Crippen molar-refractivity contribution in [1.82, 2.24) is 14.6 Å². The molecule has 0 N–H and O–H groups in total. The zero-order chi connectivity index (χ0) is 18.3. The van der Waals surface area contributed by atoms with Crippen LogP contribution < -0.4 is 9.80 Å². The van der Waals surface area contributed by atoms with Crippen LogP contribution in [0.25, 0.3) is 5.65 Å². The van der Waals surface area contributed by atoms with Crippen LogP contribution in [0.5, 0.6) is 0 Å². The molecule has 0 saturated carbocycles. The van der Waals surface area contributed by atoms with Gasteiger partial charge in [-0.3, -0.25) is 0 Å². The number of hydrogen-bond donors (Lipinski definition) is 0. The lowest BCUT2D eigenvalue weighted by atomic mass is 10.1. The highest BCUT2D eigenvalue weighted by Gasteiger charge is 2.31. The van der Waals surface area contributed by atoms with Crippen LogP contribution in [0.3, 0.4) is 0 Å². The lowest BCUT2D eigenvalue weighted by molar-refractivity contribution is -0.137. The molecule has 1 aliphatic rings. The molecular weight excluding hydrogens is 343 g/mol.